The molecule has 2 aromatic carbocycles. The summed E-state index contributed by atoms with van der Waals surface area (Å²) in [4.78, 5) is 18.0. The average molecular weight is 465 g/mol. The number of ether oxygens (including phenoxy) is 2. The molecule has 8 heteroatoms. The number of Topliss-reactive ketones (excluding diaryl/α,β-unsaturated/α-hetero) is 1. The van der Waals surface area contributed by atoms with Gasteiger partial charge >= 0.3 is 0 Å². The Balaban J connectivity index is 1.39. The van der Waals surface area contributed by atoms with Crippen LogP contribution in [0.4, 0.5) is 0 Å². The average Bonchev–Trinajstić information content (AvgIpc) is 3.47. The van der Waals surface area contributed by atoms with Gasteiger partial charge in [-0.25, -0.2) is 13.6 Å². The van der Waals surface area contributed by atoms with E-state index in [9.17, 15) is 13.2 Å². The number of pyridine rings is 1. The number of ketones is 1. The van der Waals surface area contributed by atoms with Crippen LogP contribution in [0.15, 0.2) is 53.6 Å². The minimum Gasteiger partial charge on any atom is -0.454 e. The molecule has 0 amide bonds. The maximum Gasteiger partial charge on any atom is 0.238 e. The molecule has 1 aliphatic carbocycles. The van der Waals surface area contributed by atoms with E-state index in [-0.39, 0.29) is 23.9 Å². The van der Waals surface area contributed by atoms with Gasteiger partial charge in [-0.2, -0.15) is 0 Å². The summed E-state index contributed by atoms with van der Waals surface area (Å²) in [5.41, 5.74) is 4.94. The number of benzene rings is 2. The van der Waals surface area contributed by atoms with Crippen molar-refractivity contribution in [1.29, 1.82) is 0 Å². The molecule has 170 valence electrons. The van der Waals surface area contributed by atoms with E-state index in [1.54, 1.807) is 18.3 Å². The zero-order chi connectivity index (χ0) is 23.4. The lowest BCUT2D eigenvalue weighted by Crippen LogP contribution is -2.23. The van der Waals surface area contributed by atoms with Gasteiger partial charge in [0.05, 0.1) is 16.0 Å². The molecule has 0 unspecified atom stereocenters. The monoisotopic (exact) mass is 464 g/mol. The predicted octanol–water partition coefficient (Wildman–Crippen LogP) is 3.58. The van der Waals surface area contributed by atoms with Crippen molar-refractivity contribution in [2.75, 3.05) is 6.79 Å². The molecule has 33 heavy (non-hydrogen) atoms. The van der Waals surface area contributed by atoms with Gasteiger partial charge in [-0.05, 0) is 73.2 Å². The van der Waals surface area contributed by atoms with Crippen LogP contribution < -0.4 is 14.6 Å². The number of hydrogen-bond donors (Lipinski definition) is 1. The van der Waals surface area contributed by atoms with Gasteiger partial charge in [0.2, 0.25) is 16.8 Å². The van der Waals surface area contributed by atoms with E-state index in [1.165, 1.54) is 12.1 Å². The predicted molar refractivity (Wildman–Crippen MR) is 123 cm³/mol. The molecule has 1 aromatic heterocycles. The standard InChI is InChI=1S/C25H24N2O5S/c1-15-16(2)21(27-13-20(15)17-3-6-19(7-4-17)33(26,29)30)12-24(28)25(9-10-25)18-5-8-22-23(11-18)32-14-31-22/h3-8,11,13H,9-10,12,14H2,1-2H3,(H2,26,29,30). The smallest absolute Gasteiger partial charge is 0.238 e. The van der Waals surface area contributed by atoms with Crippen LogP contribution in [0.3, 0.4) is 0 Å². The fourth-order valence-electron chi connectivity index (χ4n) is 4.42. The van der Waals surface area contributed by atoms with Gasteiger partial charge in [-0.1, -0.05) is 18.2 Å². The van der Waals surface area contributed by atoms with E-state index in [1.807, 2.05) is 32.0 Å². The van der Waals surface area contributed by atoms with E-state index in [0.29, 0.717) is 11.5 Å². The summed E-state index contributed by atoms with van der Waals surface area (Å²) in [5, 5.41) is 5.19. The molecular weight excluding hydrogens is 440 g/mol. The van der Waals surface area contributed by atoms with E-state index < -0.39 is 15.4 Å². The lowest BCUT2D eigenvalue weighted by Gasteiger charge is -2.17. The van der Waals surface area contributed by atoms with Gasteiger partial charge in [0.15, 0.2) is 11.5 Å². The number of rotatable bonds is 6. The Bertz CT molecular complexity index is 1380. The van der Waals surface area contributed by atoms with Crippen molar-refractivity contribution in [3.8, 4) is 22.6 Å². The summed E-state index contributed by atoms with van der Waals surface area (Å²) >= 11 is 0. The van der Waals surface area contributed by atoms with Crippen molar-refractivity contribution in [1.82, 2.24) is 4.98 Å². The highest BCUT2D eigenvalue weighted by molar-refractivity contribution is 7.89. The number of carbonyl (C=O) groups is 1. The third-order valence-corrected chi connectivity index (χ3v) is 7.71. The lowest BCUT2D eigenvalue weighted by molar-refractivity contribution is -0.120. The molecule has 1 saturated carbocycles. The Morgan fingerprint density at radius 3 is 2.39 bits per heavy atom. The molecule has 2 heterocycles. The first-order chi connectivity index (χ1) is 15.7. The molecule has 0 spiro atoms. The molecule has 5 rings (SSSR count). The highest BCUT2D eigenvalue weighted by Gasteiger charge is 2.51. The van der Waals surface area contributed by atoms with Crippen LogP contribution in [0.5, 0.6) is 11.5 Å². The minimum atomic E-state index is -3.74. The van der Waals surface area contributed by atoms with Gasteiger partial charge < -0.3 is 9.47 Å². The van der Waals surface area contributed by atoms with Crippen molar-refractivity contribution in [3.63, 3.8) is 0 Å². The van der Waals surface area contributed by atoms with Crippen LogP contribution in [-0.2, 0) is 26.7 Å². The van der Waals surface area contributed by atoms with Crippen molar-refractivity contribution in [2.45, 2.75) is 43.4 Å². The van der Waals surface area contributed by atoms with Crippen LogP contribution in [0.1, 0.15) is 35.2 Å². The molecule has 2 N–H and O–H groups in total. The molecule has 0 bridgehead atoms. The van der Waals surface area contributed by atoms with E-state index in [2.05, 4.69) is 4.98 Å². The zero-order valence-corrected chi connectivity index (χ0v) is 19.2. The Morgan fingerprint density at radius 1 is 1.03 bits per heavy atom. The van der Waals surface area contributed by atoms with Crippen molar-refractivity contribution < 1.29 is 22.7 Å². The third kappa shape index (κ3) is 3.79. The van der Waals surface area contributed by atoms with Gasteiger partial charge in [0, 0.05) is 18.2 Å². The summed E-state index contributed by atoms with van der Waals surface area (Å²) in [6.45, 7) is 4.16. The highest BCUT2D eigenvalue weighted by Crippen LogP contribution is 2.51. The van der Waals surface area contributed by atoms with Crippen molar-refractivity contribution in [3.05, 3.63) is 71.0 Å². The minimum absolute atomic E-state index is 0.0639. The fourth-order valence-corrected chi connectivity index (χ4v) is 4.93. The fraction of sp³-hybridized carbons (Fsp3) is 0.280. The molecule has 7 nitrogen and oxygen atoms in total. The Hall–Kier alpha value is -3.23. The second kappa shape index (κ2) is 7.67. The number of nitrogens with zero attached hydrogens (tertiary/aromatic N) is 1. The topological polar surface area (TPSA) is 109 Å². The summed E-state index contributed by atoms with van der Waals surface area (Å²) in [6.07, 6.45) is 3.64. The molecule has 0 atom stereocenters. The molecule has 0 saturated heterocycles. The normalized spacial score (nSPS) is 16.0. The maximum atomic E-state index is 13.4. The van der Waals surface area contributed by atoms with Crippen LogP contribution in [0, 0.1) is 13.8 Å². The van der Waals surface area contributed by atoms with Gasteiger partial charge in [0.1, 0.15) is 5.78 Å². The Labute approximate surface area is 192 Å². The number of primary sulfonamides is 1. The summed E-state index contributed by atoms with van der Waals surface area (Å²) in [5.74, 6) is 1.55. The molecule has 0 radical (unpaired) electrons. The SMILES string of the molecule is Cc1c(-c2ccc(S(N)(=O)=O)cc2)cnc(CC(=O)C2(c3ccc4c(c3)OCO4)CC2)c1C. The maximum absolute atomic E-state index is 13.4. The molecule has 2 aliphatic rings. The number of nitrogens with two attached hydrogens (primary N) is 1. The van der Waals surface area contributed by atoms with Crippen LogP contribution in [-0.4, -0.2) is 26.0 Å². The second-order valence-electron chi connectivity index (χ2n) is 8.69. The number of aromatic nitrogens is 1. The first kappa shape index (κ1) is 21.6. The summed E-state index contributed by atoms with van der Waals surface area (Å²) < 4.78 is 33.9. The molecule has 3 aromatic rings. The quantitative estimate of drug-likeness (QED) is 0.597. The second-order valence-corrected chi connectivity index (χ2v) is 10.2. The van der Waals surface area contributed by atoms with Crippen LogP contribution >= 0.6 is 0 Å². The van der Waals surface area contributed by atoms with Gasteiger partial charge in [-0.15, -0.1) is 0 Å². The Kier molecular flexibility index (Phi) is 5.02. The zero-order valence-electron chi connectivity index (χ0n) is 18.4. The van der Waals surface area contributed by atoms with Crippen molar-refractivity contribution in [2.24, 2.45) is 5.14 Å². The number of fused-ring (bicyclic) bond motifs is 1. The number of carbonyl (C=O) groups excluding carboxylic acids is 1. The Morgan fingerprint density at radius 2 is 1.73 bits per heavy atom. The van der Waals surface area contributed by atoms with Crippen LogP contribution in [0.25, 0.3) is 11.1 Å². The van der Waals surface area contributed by atoms with E-state index >= 15 is 0 Å². The third-order valence-electron chi connectivity index (χ3n) is 6.78. The van der Waals surface area contributed by atoms with Crippen LogP contribution in [0.2, 0.25) is 0 Å². The molecular formula is C25H24N2O5S. The highest BCUT2D eigenvalue weighted by atomic mass is 32.2. The molecule has 1 aliphatic heterocycles. The van der Waals surface area contributed by atoms with Gasteiger partial charge in [-0.3, -0.25) is 9.78 Å². The van der Waals surface area contributed by atoms with Crippen molar-refractivity contribution >= 4 is 15.8 Å². The first-order valence-corrected chi connectivity index (χ1v) is 12.3. The summed E-state index contributed by atoms with van der Waals surface area (Å²) in [6, 6.07) is 12.2. The lowest BCUT2D eigenvalue weighted by atomic mass is 9.87. The number of hydrogen-bond acceptors (Lipinski definition) is 6. The molecule has 1 fully saturated rings. The number of sulfonamides is 1. The largest absolute Gasteiger partial charge is 0.454 e. The van der Waals surface area contributed by atoms with Gasteiger partial charge in [0.25, 0.3) is 0 Å². The summed E-state index contributed by atoms with van der Waals surface area (Å²) in [7, 11) is -3.74. The first-order valence-electron chi connectivity index (χ1n) is 10.7. The van der Waals surface area contributed by atoms with E-state index in [0.717, 1.165) is 46.4 Å². The van der Waals surface area contributed by atoms with E-state index in [4.69, 9.17) is 14.6 Å².